The van der Waals surface area contributed by atoms with Crippen LogP contribution in [0.3, 0.4) is 0 Å². The number of aromatic nitrogens is 1. The maximum atomic E-state index is 11.3. The average molecular weight is 293 g/mol. The first-order valence-electron chi connectivity index (χ1n) is 5.52. The molecule has 1 aromatic carbocycles. The fourth-order valence-corrected chi connectivity index (χ4v) is 2.30. The Labute approximate surface area is 115 Å². The van der Waals surface area contributed by atoms with E-state index in [1.165, 1.54) is 24.4 Å². The number of sulfone groups is 1. The minimum absolute atomic E-state index is 0.181. The zero-order valence-corrected chi connectivity index (χ0v) is 11.3. The van der Waals surface area contributed by atoms with Crippen molar-refractivity contribution in [1.82, 2.24) is 4.98 Å². The normalized spacial score (nSPS) is 11.2. The summed E-state index contributed by atoms with van der Waals surface area (Å²) in [6.45, 7) is 0. The van der Waals surface area contributed by atoms with E-state index in [1.54, 1.807) is 12.1 Å². The molecule has 1 heterocycles. The standard InChI is InChI=1S/C13H11NO5S/c1-20(18,19)10-4-2-8(3-5-10)9-6-11(15)12(13(16)17)14-7-9/h2-7,15H,1H3,(H,16,17). The lowest BCUT2D eigenvalue weighted by atomic mass is 10.1. The number of nitrogens with zero attached hydrogens (tertiary/aromatic N) is 1. The molecule has 2 N–H and O–H groups in total. The third-order valence-corrected chi connectivity index (χ3v) is 3.81. The van der Waals surface area contributed by atoms with E-state index in [2.05, 4.69) is 4.98 Å². The van der Waals surface area contributed by atoms with Gasteiger partial charge in [-0.2, -0.15) is 0 Å². The first kappa shape index (κ1) is 14.0. The first-order valence-corrected chi connectivity index (χ1v) is 7.41. The van der Waals surface area contributed by atoms with Gasteiger partial charge < -0.3 is 10.2 Å². The summed E-state index contributed by atoms with van der Waals surface area (Å²) < 4.78 is 22.7. The lowest BCUT2D eigenvalue weighted by Crippen LogP contribution is -2.00. The quantitative estimate of drug-likeness (QED) is 0.889. The van der Waals surface area contributed by atoms with Crippen molar-refractivity contribution in [3.63, 3.8) is 0 Å². The van der Waals surface area contributed by atoms with Gasteiger partial charge in [-0.3, -0.25) is 0 Å². The second kappa shape index (κ2) is 4.93. The molecule has 0 atom stereocenters. The Balaban J connectivity index is 2.42. The lowest BCUT2D eigenvalue weighted by molar-refractivity contribution is 0.0687. The van der Waals surface area contributed by atoms with Crippen molar-refractivity contribution in [3.05, 3.63) is 42.2 Å². The van der Waals surface area contributed by atoms with Gasteiger partial charge >= 0.3 is 5.97 Å². The molecular weight excluding hydrogens is 282 g/mol. The van der Waals surface area contributed by atoms with Crippen molar-refractivity contribution in [2.75, 3.05) is 6.26 Å². The van der Waals surface area contributed by atoms with Crippen LogP contribution in [-0.2, 0) is 9.84 Å². The number of aromatic carboxylic acids is 1. The molecule has 2 aromatic rings. The molecule has 1 aromatic heterocycles. The van der Waals surface area contributed by atoms with Crippen molar-refractivity contribution in [1.29, 1.82) is 0 Å². The summed E-state index contributed by atoms with van der Waals surface area (Å²) in [4.78, 5) is 14.6. The highest BCUT2D eigenvalue weighted by Crippen LogP contribution is 2.25. The van der Waals surface area contributed by atoms with Gasteiger partial charge in [0.2, 0.25) is 0 Å². The second-order valence-corrected chi connectivity index (χ2v) is 6.21. The van der Waals surface area contributed by atoms with Gasteiger partial charge in [0.1, 0.15) is 5.75 Å². The topological polar surface area (TPSA) is 105 Å². The van der Waals surface area contributed by atoms with E-state index >= 15 is 0 Å². The highest BCUT2D eigenvalue weighted by atomic mass is 32.2. The molecule has 0 unspecified atom stereocenters. The van der Waals surface area contributed by atoms with Gasteiger partial charge in [0.15, 0.2) is 15.5 Å². The van der Waals surface area contributed by atoms with Crippen molar-refractivity contribution in [2.45, 2.75) is 4.90 Å². The van der Waals surface area contributed by atoms with Gasteiger partial charge in [0, 0.05) is 18.0 Å². The minimum atomic E-state index is -3.27. The van der Waals surface area contributed by atoms with E-state index < -0.39 is 27.2 Å². The minimum Gasteiger partial charge on any atom is -0.505 e. The Hall–Kier alpha value is -2.41. The van der Waals surface area contributed by atoms with Gasteiger partial charge in [-0.15, -0.1) is 0 Å². The van der Waals surface area contributed by atoms with Crippen LogP contribution in [0, 0.1) is 0 Å². The molecule has 0 radical (unpaired) electrons. The molecule has 7 heteroatoms. The Kier molecular flexibility index (Phi) is 3.46. The Morgan fingerprint density at radius 1 is 1.15 bits per heavy atom. The van der Waals surface area contributed by atoms with Crippen LogP contribution in [0.1, 0.15) is 10.5 Å². The van der Waals surface area contributed by atoms with Gasteiger partial charge in [-0.25, -0.2) is 18.2 Å². The fraction of sp³-hybridized carbons (Fsp3) is 0.0769. The maximum Gasteiger partial charge on any atom is 0.358 e. The van der Waals surface area contributed by atoms with Crippen LogP contribution >= 0.6 is 0 Å². The zero-order chi connectivity index (χ0) is 14.9. The zero-order valence-electron chi connectivity index (χ0n) is 10.4. The Bertz CT molecular complexity index is 766. The molecular formula is C13H11NO5S. The summed E-state index contributed by atoms with van der Waals surface area (Å²) in [5, 5.41) is 18.3. The van der Waals surface area contributed by atoms with Crippen LogP contribution in [-0.4, -0.2) is 35.8 Å². The van der Waals surface area contributed by atoms with Crippen LogP contribution in [0.15, 0.2) is 41.4 Å². The summed E-state index contributed by atoms with van der Waals surface area (Å²) in [6, 6.07) is 7.27. The lowest BCUT2D eigenvalue weighted by Gasteiger charge is -2.05. The predicted molar refractivity (Wildman–Crippen MR) is 71.4 cm³/mol. The molecule has 0 aliphatic carbocycles. The number of hydrogen-bond acceptors (Lipinski definition) is 5. The van der Waals surface area contributed by atoms with E-state index in [1.807, 2.05) is 0 Å². The SMILES string of the molecule is CS(=O)(=O)c1ccc(-c2cnc(C(=O)O)c(O)c2)cc1. The van der Waals surface area contributed by atoms with Gasteiger partial charge in [0.05, 0.1) is 4.90 Å². The number of carboxylic acids is 1. The first-order chi connectivity index (χ1) is 9.29. The van der Waals surface area contributed by atoms with E-state index in [9.17, 15) is 18.3 Å². The second-order valence-electron chi connectivity index (χ2n) is 4.19. The molecule has 0 fully saturated rings. The molecule has 2 rings (SSSR count). The number of hydrogen-bond donors (Lipinski definition) is 2. The van der Waals surface area contributed by atoms with Crippen LogP contribution in [0.5, 0.6) is 5.75 Å². The molecule has 0 saturated carbocycles. The highest BCUT2D eigenvalue weighted by Gasteiger charge is 2.13. The third-order valence-electron chi connectivity index (χ3n) is 2.69. The molecule has 6 nitrogen and oxygen atoms in total. The van der Waals surface area contributed by atoms with E-state index in [0.717, 1.165) is 6.26 Å². The van der Waals surface area contributed by atoms with Crippen molar-refractivity contribution < 1.29 is 23.4 Å². The van der Waals surface area contributed by atoms with Crippen LogP contribution in [0.25, 0.3) is 11.1 Å². The number of carbonyl (C=O) groups is 1. The molecule has 0 aliphatic rings. The number of pyridine rings is 1. The monoisotopic (exact) mass is 293 g/mol. The molecule has 0 amide bonds. The number of benzene rings is 1. The summed E-state index contributed by atoms with van der Waals surface area (Å²) in [6.07, 6.45) is 2.41. The van der Waals surface area contributed by atoms with Crippen molar-refractivity contribution >= 4 is 15.8 Å². The van der Waals surface area contributed by atoms with Crippen LogP contribution in [0.4, 0.5) is 0 Å². The molecule has 0 bridgehead atoms. The van der Waals surface area contributed by atoms with E-state index in [-0.39, 0.29) is 4.90 Å². The van der Waals surface area contributed by atoms with Crippen LogP contribution in [0.2, 0.25) is 0 Å². The van der Waals surface area contributed by atoms with E-state index in [4.69, 9.17) is 5.11 Å². The Morgan fingerprint density at radius 2 is 1.75 bits per heavy atom. The summed E-state index contributed by atoms with van der Waals surface area (Å²) in [7, 11) is -3.27. The number of aromatic hydroxyl groups is 1. The third kappa shape index (κ3) is 2.77. The number of rotatable bonds is 3. The maximum absolute atomic E-state index is 11.3. The molecule has 0 spiro atoms. The van der Waals surface area contributed by atoms with E-state index in [0.29, 0.717) is 11.1 Å². The molecule has 0 saturated heterocycles. The average Bonchev–Trinajstić information content (AvgIpc) is 2.37. The molecule has 0 aliphatic heterocycles. The summed E-state index contributed by atoms with van der Waals surface area (Å²) >= 11 is 0. The molecule has 20 heavy (non-hydrogen) atoms. The smallest absolute Gasteiger partial charge is 0.358 e. The van der Waals surface area contributed by atoms with Crippen molar-refractivity contribution in [3.8, 4) is 16.9 Å². The fourth-order valence-electron chi connectivity index (χ4n) is 1.67. The van der Waals surface area contributed by atoms with Gasteiger partial charge in [0.25, 0.3) is 0 Å². The molecule has 104 valence electrons. The Morgan fingerprint density at radius 3 is 2.20 bits per heavy atom. The van der Waals surface area contributed by atoms with Crippen LogP contribution < -0.4 is 0 Å². The van der Waals surface area contributed by atoms with Gasteiger partial charge in [-0.05, 0) is 23.8 Å². The summed E-state index contributed by atoms with van der Waals surface area (Å²) in [5.41, 5.74) is 0.686. The largest absolute Gasteiger partial charge is 0.505 e. The summed E-state index contributed by atoms with van der Waals surface area (Å²) in [5.74, 6) is -1.76. The van der Waals surface area contributed by atoms with Gasteiger partial charge in [-0.1, -0.05) is 12.1 Å². The number of carboxylic acid groups (broad SMARTS) is 1. The highest BCUT2D eigenvalue weighted by molar-refractivity contribution is 7.90. The van der Waals surface area contributed by atoms with Crippen molar-refractivity contribution in [2.24, 2.45) is 0 Å². The predicted octanol–water partition coefficient (Wildman–Crippen LogP) is 1.56.